The van der Waals surface area contributed by atoms with Crippen molar-refractivity contribution in [3.63, 3.8) is 0 Å². The molecule has 2 heterocycles. The van der Waals surface area contributed by atoms with Crippen LogP contribution < -0.4 is 15.8 Å². The number of rotatable bonds is 7. The lowest BCUT2D eigenvalue weighted by Gasteiger charge is -2.28. The van der Waals surface area contributed by atoms with Crippen molar-refractivity contribution in [2.24, 2.45) is 5.14 Å². The van der Waals surface area contributed by atoms with Gasteiger partial charge in [0, 0.05) is 29.3 Å². The van der Waals surface area contributed by atoms with Crippen molar-refractivity contribution in [2.45, 2.75) is 68.7 Å². The van der Waals surface area contributed by atoms with Gasteiger partial charge in [-0.2, -0.15) is 18.3 Å². The van der Waals surface area contributed by atoms with Crippen molar-refractivity contribution >= 4 is 39.0 Å². The maximum Gasteiger partial charge on any atom is 0.434 e. The zero-order valence-electron chi connectivity index (χ0n) is 20.5. The highest BCUT2D eigenvalue weighted by atomic mass is 32.2. The maximum atomic E-state index is 14.1. The van der Waals surface area contributed by atoms with Crippen molar-refractivity contribution < 1.29 is 31.1 Å². The molecule has 1 aliphatic rings. The Morgan fingerprint density at radius 2 is 1.92 bits per heavy atom. The van der Waals surface area contributed by atoms with Crippen molar-refractivity contribution in [2.75, 3.05) is 5.32 Å². The van der Waals surface area contributed by atoms with Crippen LogP contribution in [-0.4, -0.2) is 41.8 Å². The molecule has 1 saturated carbocycles. The van der Waals surface area contributed by atoms with Crippen LogP contribution in [0.2, 0.25) is 0 Å². The molecule has 15 heteroatoms. The van der Waals surface area contributed by atoms with E-state index in [-0.39, 0.29) is 33.5 Å². The molecule has 2 aromatic heterocycles. The third-order valence-electron chi connectivity index (χ3n) is 5.97. The van der Waals surface area contributed by atoms with Gasteiger partial charge in [0.25, 0.3) is 0 Å². The Bertz CT molecular complexity index is 1380. The SMILES string of the molecule is CC(C)OC(=O)NC1CCC(c2nc(C(F)(F)F)c(-c3ccc(Nc4ccn[nH]4)cc3S(N)(=O)=O)s2)CC1. The van der Waals surface area contributed by atoms with E-state index < -0.39 is 32.9 Å². The van der Waals surface area contributed by atoms with E-state index in [0.717, 1.165) is 11.3 Å². The number of benzene rings is 1. The molecule has 3 aromatic rings. The quantitative estimate of drug-likeness (QED) is 0.307. The van der Waals surface area contributed by atoms with Crippen molar-refractivity contribution in [1.29, 1.82) is 0 Å². The number of alkyl carbamates (subject to hydrolysis) is 1. The Kier molecular flexibility index (Phi) is 7.99. The van der Waals surface area contributed by atoms with Gasteiger partial charge in [0.15, 0.2) is 5.69 Å². The maximum absolute atomic E-state index is 14.1. The number of carbonyl (C=O) groups is 1. The number of primary sulfonamides is 1. The van der Waals surface area contributed by atoms with Gasteiger partial charge in [-0.05, 0) is 51.7 Å². The molecular formula is C23H27F3N6O4S2. The number of halogens is 3. The number of thiazole rings is 1. The number of sulfonamides is 1. The number of hydrogen-bond acceptors (Lipinski definition) is 8. The molecule has 0 bridgehead atoms. The summed E-state index contributed by atoms with van der Waals surface area (Å²) in [7, 11) is -4.39. The molecule has 206 valence electrons. The molecule has 0 unspecified atom stereocenters. The monoisotopic (exact) mass is 572 g/mol. The molecule has 38 heavy (non-hydrogen) atoms. The van der Waals surface area contributed by atoms with Gasteiger partial charge in [0.1, 0.15) is 5.82 Å². The van der Waals surface area contributed by atoms with Gasteiger partial charge in [-0.15, -0.1) is 11.3 Å². The average Bonchev–Trinajstić information content (AvgIpc) is 3.48. The Morgan fingerprint density at radius 3 is 2.50 bits per heavy atom. The summed E-state index contributed by atoms with van der Waals surface area (Å²) >= 11 is 0.811. The van der Waals surface area contributed by atoms with Crippen LogP contribution in [-0.2, 0) is 20.9 Å². The largest absolute Gasteiger partial charge is 0.447 e. The van der Waals surface area contributed by atoms with E-state index in [1.54, 1.807) is 19.9 Å². The fourth-order valence-electron chi connectivity index (χ4n) is 4.29. The number of nitrogens with zero attached hydrogens (tertiary/aromatic N) is 2. The molecule has 1 amide bonds. The second kappa shape index (κ2) is 10.9. The lowest BCUT2D eigenvalue weighted by molar-refractivity contribution is -0.140. The summed E-state index contributed by atoms with van der Waals surface area (Å²) in [6, 6.07) is 5.36. The second-order valence-electron chi connectivity index (χ2n) is 9.23. The van der Waals surface area contributed by atoms with Crippen LogP contribution in [0.4, 0.5) is 29.5 Å². The molecule has 0 aliphatic heterocycles. The second-order valence-corrected chi connectivity index (χ2v) is 11.8. The van der Waals surface area contributed by atoms with E-state index in [9.17, 15) is 26.4 Å². The van der Waals surface area contributed by atoms with Gasteiger partial charge in [-0.3, -0.25) is 5.10 Å². The number of anilines is 2. The summed E-state index contributed by atoms with van der Waals surface area (Å²) in [5.41, 5.74) is -1.04. The minimum atomic E-state index is -4.81. The Hall–Kier alpha value is -3.17. The number of aromatic nitrogens is 3. The average molecular weight is 573 g/mol. The van der Waals surface area contributed by atoms with Crippen molar-refractivity contribution in [3.8, 4) is 10.4 Å². The highest BCUT2D eigenvalue weighted by Crippen LogP contribution is 2.46. The summed E-state index contributed by atoms with van der Waals surface area (Å²) in [6.07, 6.45) is -2.02. The summed E-state index contributed by atoms with van der Waals surface area (Å²) in [6.45, 7) is 3.47. The number of aromatic amines is 1. The molecule has 1 aromatic carbocycles. The third kappa shape index (κ3) is 6.63. The van der Waals surface area contributed by atoms with Crippen LogP contribution in [0.1, 0.15) is 56.2 Å². The van der Waals surface area contributed by atoms with Gasteiger partial charge in [-0.1, -0.05) is 6.07 Å². The first-order chi connectivity index (χ1) is 17.8. The van der Waals surface area contributed by atoms with Crippen LogP contribution in [0.5, 0.6) is 0 Å². The number of hydrogen-bond donors (Lipinski definition) is 4. The Balaban J connectivity index is 1.63. The zero-order chi connectivity index (χ0) is 27.7. The number of alkyl halides is 3. The Morgan fingerprint density at radius 1 is 1.21 bits per heavy atom. The standard InChI is InChI=1S/C23H27F3N6O4S2/c1-12(2)36-22(33)30-14-5-3-13(4-6-14)21-31-20(23(24,25)26)19(37-21)16-8-7-15(11-17(16)38(27,34)35)29-18-9-10-28-32-18/h7-14H,3-6H2,1-2H3,(H,30,33)(H2,27,34,35)(H2,28,29,32). The van der Waals surface area contributed by atoms with E-state index in [0.29, 0.717) is 37.2 Å². The normalized spacial score (nSPS) is 18.4. The molecule has 0 radical (unpaired) electrons. The number of nitrogens with two attached hydrogens (primary N) is 1. The highest BCUT2D eigenvalue weighted by Gasteiger charge is 2.40. The predicted molar refractivity (Wildman–Crippen MR) is 136 cm³/mol. The van der Waals surface area contributed by atoms with Crippen molar-refractivity contribution in [1.82, 2.24) is 20.5 Å². The molecule has 5 N–H and O–H groups in total. The molecular weight excluding hydrogens is 545 g/mol. The van der Waals surface area contributed by atoms with E-state index >= 15 is 0 Å². The molecule has 0 atom stereocenters. The first-order valence-electron chi connectivity index (χ1n) is 11.8. The Labute approximate surface area is 221 Å². The van der Waals surface area contributed by atoms with E-state index in [1.807, 2.05) is 0 Å². The van der Waals surface area contributed by atoms with E-state index in [4.69, 9.17) is 9.88 Å². The number of amides is 1. The van der Waals surface area contributed by atoms with Crippen LogP contribution in [0, 0.1) is 0 Å². The predicted octanol–water partition coefficient (Wildman–Crippen LogP) is 5.10. The van der Waals surface area contributed by atoms with Gasteiger partial charge in [-0.25, -0.2) is 23.3 Å². The number of H-pyrrole nitrogens is 1. The minimum absolute atomic E-state index is 0.150. The minimum Gasteiger partial charge on any atom is -0.447 e. The summed E-state index contributed by atoms with van der Waals surface area (Å²) in [4.78, 5) is 15.0. The molecule has 10 nitrogen and oxygen atoms in total. The lowest BCUT2D eigenvalue weighted by atomic mass is 9.86. The summed E-state index contributed by atoms with van der Waals surface area (Å²) in [5, 5.41) is 17.8. The summed E-state index contributed by atoms with van der Waals surface area (Å²) < 4.78 is 72.1. The fourth-order valence-corrected chi connectivity index (χ4v) is 6.42. The van der Waals surface area contributed by atoms with Gasteiger partial charge < -0.3 is 15.4 Å². The molecule has 0 spiro atoms. The van der Waals surface area contributed by atoms with Crippen LogP contribution in [0.25, 0.3) is 10.4 Å². The molecule has 4 rings (SSSR count). The molecule has 1 aliphatic carbocycles. The summed E-state index contributed by atoms with van der Waals surface area (Å²) in [5.74, 6) is 0.185. The van der Waals surface area contributed by atoms with Crippen LogP contribution in [0.15, 0.2) is 35.4 Å². The van der Waals surface area contributed by atoms with Crippen LogP contribution >= 0.6 is 11.3 Å². The number of carbonyl (C=O) groups excluding carboxylic acids is 1. The van der Waals surface area contributed by atoms with E-state index in [1.165, 1.54) is 24.4 Å². The smallest absolute Gasteiger partial charge is 0.434 e. The number of ether oxygens (including phenoxy) is 1. The fraction of sp³-hybridized carbons (Fsp3) is 0.435. The third-order valence-corrected chi connectivity index (χ3v) is 8.17. The lowest BCUT2D eigenvalue weighted by Crippen LogP contribution is -2.38. The van der Waals surface area contributed by atoms with E-state index in [2.05, 4.69) is 25.8 Å². The van der Waals surface area contributed by atoms with Gasteiger partial charge in [0.2, 0.25) is 10.0 Å². The van der Waals surface area contributed by atoms with Gasteiger partial charge in [0.05, 0.1) is 27.1 Å². The number of nitrogens with one attached hydrogen (secondary N) is 3. The van der Waals surface area contributed by atoms with Crippen LogP contribution in [0.3, 0.4) is 0 Å². The topological polar surface area (TPSA) is 152 Å². The first kappa shape index (κ1) is 27.9. The molecule has 0 saturated heterocycles. The molecule has 1 fully saturated rings. The first-order valence-corrected chi connectivity index (χ1v) is 14.2. The van der Waals surface area contributed by atoms with Gasteiger partial charge >= 0.3 is 12.3 Å². The zero-order valence-corrected chi connectivity index (χ0v) is 22.1. The highest BCUT2D eigenvalue weighted by molar-refractivity contribution is 7.89. The van der Waals surface area contributed by atoms with Crippen molar-refractivity contribution in [3.05, 3.63) is 41.2 Å².